The van der Waals surface area contributed by atoms with Crippen LogP contribution < -0.4 is 0 Å². The van der Waals surface area contributed by atoms with Crippen LogP contribution in [0.5, 0.6) is 0 Å². The molecule has 7 nitrogen and oxygen atoms in total. The molecule has 4 aromatic heterocycles. The third-order valence-corrected chi connectivity index (χ3v) is 4.69. The zero-order valence-corrected chi connectivity index (χ0v) is 14.9. The van der Waals surface area contributed by atoms with Crippen LogP contribution in [0.4, 0.5) is 5.69 Å². The highest BCUT2D eigenvalue weighted by atomic mass is 15.3. The number of hydrogen-bond acceptors (Lipinski definition) is 5. The Morgan fingerprint density at radius 2 is 2.00 bits per heavy atom. The molecule has 5 rings (SSSR count). The van der Waals surface area contributed by atoms with Crippen molar-refractivity contribution in [3.63, 3.8) is 0 Å². The van der Waals surface area contributed by atoms with Crippen molar-refractivity contribution >= 4 is 35.2 Å². The Morgan fingerprint density at radius 1 is 1.11 bits per heavy atom. The van der Waals surface area contributed by atoms with Gasteiger partial charge in [-0.3, -0.25) is 4.99 Å². The molecule has 0 aliphatic rings. The SMILES string of the molecule is C=Cc1cc(-c2ncc3c(-c4ccc5ncnn5c4)c[nH]c3n2)ccc1N=C. The van der Waals surface area contributed by atoms with Gasteiger partial charge < -0.3 is 4.98 Å². The van der Waals surface area contributed by atoms with E-state index in [0.717, 1.165) is 44.6 Å². The van der Waals surface area contributed by atoms with Gasteiger partial charge in [-0.1, -0.05) is 12.7 Å². The molecule has 0 saturated heterocycles. The average molecular weight is 365 g/mol. The lowest BCUT2D eigenvalue weighted by atomic mass is 10.1. The van der Waals surface area contributed by atoms with Crippen LogP contribution in [-0.2, 0) is 0 Å². The number of pyridine rings is 1. The fourth-order valence-electron chi connectivity index (χ4n) is 3.26. The molecule has 0 bridgehead atoms. The van der Waals surface area contributed by atoms with Crippen LogP contribution in [0.15, 0.2) is 66.8 Å². The first-order valence-electron chi connectivity index (χ1n) is 8.64. The fraction of sp³-hybridized carbons (Fsp3) is 0. The molecule has 4 heterocycles. The highest BCUT2D eigenvalue weighted by Gasteiger charge is 2.12. The minimum absolute atomic E-state index is 0.631. The largest absolute Gasteiger partial charge is 0.345 e. The second kappa shape index (κ2) is 6.24. The van der Waals surface area contributed by atoms with E-state index in [2.05, 4.69) is 38.3 Å². The van der Waals surface area contributed by atoms with Crippen LogP contribution in [-0.4, -0.2) is 36.3 Å². The predicted molar refractivity (Wildman–Crippen MR) is 111 cm³/mol. The number of benzene rings is 1. The molecule has 7 heteroatoms. The molecule has 0 radical (unpaired) electrons. The summed E-state index contributed by atoms with van der Waals surface area (Å²) in [6.07, 6.45) is 8.99. The molecule has 0 spiro atoms. The van der Waals surface area contributed by atoms with Gasteiger partial charge in [0.05, 0.1) is 5.69 Å². The number of rotatable bonds is 4. The van der Waals surface area contributed by atoms with Crippen LogP contribution >= 0.6 is 0 Å². The highest BCUT2D eigenvalue weighted by molar-refractivity contribution is 5.93. The van der Waals surface area contributed by atoms with E-state index < -0.39 is 0 Å². The molecule has 1 N–H and O–H groups in total. The number of aromatic amines is 1. The van der Waals surface area contributed by atoms with Gasteiger partial charge in [-0.25, -0.2) is 19.5 Å². The van der Waals surface area contributed by atoms with E-state index in [-0.39, 0.29) is 0 Å². The molecule has 0 aliphatic carbocycles. The van der Waals surface area contributed by atoms with Gasteiger partial charge in [0.2, 0.25) is 0 Å². The van der Waals surface area contributed by atoms with E-state index in [1.807, 2.05) is 48.9 Å². The van der Waals surface area contributed by atoms with Crippen molar-refractivity contribution < 1.29 is 0 Å². The molecule has 0 atom stereocenters. The van der Waals surface area contributed by atoms with Gasteiger partial charge in [0.25, 0.3) is 0 Å². The van der Waals surface area contributed by atoms with E-state index in [0.29, 0.717) is 5.82 Å². The van der Waals surface area contributed by atoms with Crippen LogP contribution in [0.2, 0.25) is 0 Å². The number of fused-ring (bicyclic) bond motifs is 2. The lowest BCUT2D eigenvalue weighted by molar-refractivity contribution is 0.963. The van der Waals surface area contributed by atoms with Crippen molar-refractivity contribution in [1.82, 2.24) is 29.5 Å². The molecule has 134 valence electrons. The minimum atomic E-state index is 0.631. The first-order chi connectivity index (χ1) is 13.8. The molecule has 1 aromatic carbocycles. The Hall–Kier alpha value is -4.13. The van der Waals surface area contributed by atoms with E-state index in [4.69, 9.17) is 4.98 Å². The Labute approximate surface area is 160 Å². The summed E-state index contributed by atoms with van der Waals surface area (Å²) in [4.78, 5) is 20.7. The van der Waals surface area contributed by atoms with E-state index in [1.54, 1.807) is 10.6 Å². The Balaban J connectivity index is 1.60. The Bertz CT molecular complexity index is 1360. The van der Waals surface area contributed by atoms with Crippen molar-refractivity contribution in [2.24, 2.45) is 4.99 Å². The summed E-state index contributed by atoms with van der Waals surface area (Å²) in [6, 6.07) is 9.72. The number of hydrogen-bond donors (Lipinski definition) is 1. The normalized spacial score (nSPS) is 11.1. The minimum Gasteiger partial charge on any atom is -0.345 e. The first kappa shape index (κ1) is 16.1. The quantitative estimate of drug-likeness (QED) is 0.481. The molecule has 0 fully saturated rings. The lowest BCUT2D eigenvalue weighted by Crippen LogP contribution is -1.91. The Morgan fingerprint density at radius 3 is 2.86 bits per heavy atom. The molecule has 0 saturated carbocycles. The van der Waals surface area contributed by atoms with Gasteiger partial charge >= 0.3 is 0 Å². The Kier molecular flexibility index (Phi) is 3.58. The van der Waals surface area contributed by atoms with Crippen LogP contribution in [0.3, 0.4) is 0 Å². The molecular formula is C21H15N7. The fourth-order valence-corrected chi connectivity index (χ4v) is 3.26. The molecule has 0 aliphatic heterocycles. The highest BCUT2D eigenvalue weighted by Crippen LogP contribution is 2.30. The van der Waals surface area contributed by atoms with Gasteiger partial charge in [-0.15, -0.1) is 0 Å². The summed E-state index contributed by atoms with van der Waals surface area (Å²) < 4.78 is 1.75. The molecule has 28 heavy (non-hydrogen) atoms. The second-order valence-corrected chi connectivity index (χ2v) is 6.27. The third kappa shape index (κ3) is 2.49. The van der Waals surface area contributed by atoms with Gasteiger partial charge in [0.1, 0.15) is 12.0 Å². The number of nitrogens with one attached hydrogen (secondary N) is 1. The summed E-state index contributed by atoms with van der Waals surface area (Å²) >= 11 is 0. The summed E-state index contributed by atoms with van der Waals surface area (Å²) in [5, 5.41) is 5.14. The zero-order chi connectivity index (χ0) is 19.1. The zero-order valence-electron chi connectivity index (χ0n) is 14.9. The van der Waals surface area contributed by atoms with Gasteiger partial charge in [-0.2, -0.15) is 5.10 Å². The first-order valence-corrected chi connectivity index (χ1v) is 8.64. The monoisotopic (exact) mass is 365 g/mol. The number of H-pyrrole nitrogens is 1. The third-order valence-electron chi connectivity index (χ3n) is 4.69. The number of aromatic nitrogens is 6. The van der Waals surface area contributed by atoms with E-state index >= 15 is 0 Å². The average Bonchev–Trinajstić information content (AvgIpc) is 3.38. The standard InChI is InChI=1S/C21H15N7/c1-3-13-8-14(4-6-18(13)22-2)20-23-10-17-16(9-24-21(17)27-20)15-5-7-19-25-12-26-28(19)11-15/h3-12H,1-2H2,(H,23,24,27). The van der Waals surface area contributed by atoms with Crippen molar-refractivity contribution in [3.05, 3.63) is 67.4 Å². The van der Waals surface area contributed by atoms with Crippen LogP contribution in [0, 0.1) is 0 Å². The predicted octanol–water partition coefficient (Wildman–Crippen LogP) is 4.31. The summed E-state index contributed by atoms with van der Waals surface area (Å²) in [6.45, 7) is 7.42. The van der Waals surface area contributed by atoms with Crippen molar-refractivity contribution in [2.45, 2.75) is 0 Å². The number of nitrogens with zero attached hydrogens (tertiary/aromatic N) is 6. The lowest BCUT2D eigenvalue weighted by Gasteiger charge is -2.05. The molecular weight excluding hydrogens is 350 g/mol. The maximum atomic E-state index is 4.69. The smallest absolute Gasteiger partial charge is 0.161 e. The van der Waals surface area contributed by atoms with Gasteiger partial charge in [0.15, 0.2) is 11.5 Å². The van der Waals surface area contributed by atoms with Gasteiger partial charge in [-0.05, 0) is 37.0 Å². The summed E-state index contributed by atoms with van der Waals surface area (Å²) in [7, 11) is 0. The number of aliphatic imine (C=N–C) groups is 1. The topological polar surface area (TPSA) is 84.1 Å². The summed E-state index contributed by atoms with van der Waals surface area (Å²) in [5.74, 6) is 0.631. The summed E-state index contributed by atoms with van der Waals surface area (Å²) in [5.41, 5.74) is 6.16. The van der Waals surface area contributed by atoms with E-state index in [1.165, 1.54) is 6.33 Å². The van der Waals surface area contributed by atoms with Crippen molar-refractivity contribution in [3.8, 4) is 22.5 Å². The molecule has 0 unspecified atom stereocenters. The molecule has 0 amide bonds. The van der Waals surface area contributed by atoms with Crippen LogP contribution in [0.25, 0.3) is 45.3 Å². The second-order valence-electron chi connectivity index (χ2n) is 6.27. The maximum absolute atomic E-state index is 4.69. The van der Waals surface area contributed by atoms with E-state index in [9.17, 15) is 0 Å². The molecule has 5 aromatic rings. The maximum Gasteiger partial charge on any atom is 0.161 e. The van der Waals surface area contributed by atoms with Crippen molar-refractivity contribution in [2.75, 3.05) is 0 Å². The van der Waals surface area contributed by atoms with Crippen LogP contribution in [0.1, 0.15) is 5.56 Å². The van der Waals surface area contributed by atoms with Gasteiger partial charge in [0, 0.05) is 46.2 Å². The van der Waals surface area contributed by atoms with Crippen molar-refractivity contribution in [1.29, 1.82) is 0 Å².